The molecule has 0 aliphatic heterocycles. The zero-order valence-electron chi connectivity index (χ0n) is 24.4. The van der Waals surface area contributed by atoms with Gasteiger partial charge in [0.2, 0.25) is 0 Å². The summed E-state index contributed by atoms with van der Waals surface area (Å²) in [6.45, 7) is 5.53. The van der Waals surface area contributed by atoms with Crippen LogP contribution in [0.3, 0.4) is 0 Å². The van der Waals surface area contributed by atoms with E-state index in [-0.39, 0.29) is 0 Å². The molecular formula is C33H40N2O6S. The number of thiazole rings is 1. The Hall–Kier alpha value is -3.47. The minimum atomic E-state index is 0.431. The van der Waals surface area contributed by atoms with E-state index in [0.717, 1.165) is 39.0 Å². The molecule has 8 nitrogen and oxygen atoms in total. The van der Waals surface area contributed by atoms with E-state index in [1.807, 2.05) is 42.5 Å². The molecule has 1 heterocycles. The highest BCUT2D eigenvalue weighted by Gasteiger charge is 2.14. The van der Waals surface area contributed by atoms with Crippen molar-refractivity contribution in [1.29, 1.82) is 0 Å². The Labute approximate surface area is 252 Å². The average molecular weight is 593 g/mol. The first-order chi connectivity index (χ1) is 20.7. The molecule has 0 atom stereocenters. The zero-order chi connectivity index (χ0) is 29.2. The molecule has 0 spiro atoms. The number of anilines is 1. The summed E-state index contributed by atoms with van der Waals surface area (Å²) < 4.78 is 33.5. The lowest BCUT2D eigenvalue weighted by Gasteiger charge is -2.23. The van der Waals surface area contributed by atoms with E-state index in [0.29, 0.717) is 65.9 Å². The van der Waals surface area contributed by atoms with Crippen LogP contribution in [-0.4, -0.2) is 58.8 Å². The van der Waals surface area contributed by atoms with Crippen LogP contribution in [0.1, 0.15) is 22.4 Å². The van der Waals surface area contributed by atoms with Crippen LogP contribution in [-0.2, 0) is 45.3 Å². The fraction of sp³-hybridized carbons (Fsp3) is 0.364. The number of rotatable bonds is 20. The molecule has 0 aliphatic carbocycles. The van der Waals surface area contributed by atoms with Crippen molar-refractivity contribution in [3.63, 3.8) is 0 Å². The van der Waals surface area contributed by atoms with Crippen molar-refractivity contribution in [2.45, 2.75) is 26.3 Å². The number of nitrogens with zero attached hydrogens (tertiary/aromatic N) is 2. The molecule has 0 radical (unpaired) electrons. The van der Waals surface area contributed by atoms with Crippen LogP contribution in [0.4, 0.5) is 5.13 Å². The molecular weight excluding hydrogens is 552 g/mol. The van der Waals surface area contributed by atoms with Crippen LogP contribution in [0, 0.1) is 0 Å². The molecule has 42 heavy (non-hydrogen) atoms. The van der Waals surface area contributed by atoms with Crippen LogP contribution < -0.4 is 14.4 Å². The van der Waals surface area contributed by atoms with Crippen molar-refractivity contribution in [3.05, 3.63) is 107 Å². The Morgan fingerprint density at radius 1 is 0.643 bits per heavy atom. The van der Waals surface area contributed by atoms with E-state index in [2.05, 4.69) is 46.7 Å². The highest BCUT2D eigenvalue weighted by Crippen LogP contribution is 2.27. The molecule has 0 saturated carbocycles. The Balaban J connectivity index is 1.27. The zero-order valence-corrected chi connectivity index (χ0v) is 25.2. The minimum Gasteiger partial charge on any atom is -0.497 e. The lowest BCUT2D eigenvalue weighted by atomic mass is 10.1. The van der Waals surface area contributed by atoms with Crippen LogP contribution in [0.2, 0.25) is 0 Å². The van der Waals surface area contributed by atoms with E-state index in [1.54, 1.807) is 25.6 Å². The standard InChI is InChI=1S/C33H40N2O6S/c1-36-14-19-41-32-13-7-11-29(21-32)23-35(22-28-10-6-12-31(20-28)37-2)33-34-30(26-42-33)25-40-18-16-38-15-17-39-24-27-8-4-3-5-9-27/h3-13,20-21,26H,14-19,22-25H2,1-2H3. The van der Waals surface area contributed by atoms with Crippen LogP contribution >= 0.6 is 11.3 Å². The third kappa shape index (κ3) is 11.1. The maximum absolute atomic E-state index is 5.83. The monoisotopic (exact) mass is 592 g/mol. The SMILES string of the molecule is COCCOc1cccc(CN(Cc2cccc(OC)c2)c2nc(COCCOCCOCc3ccccc3)cs2)c1. The van der Waals surface area contributed by atoms with Crippen molar-refractivity contribution in [2.24, 2.45) is 0 Å². The summed E-state index contributed by atoms with van der Waals surface area (Å²) in [4.78, 5) is 7.15. The molecule has 1 aromatic heterocycles. The van der Waals surface area contributed by atoms with Gasteiger partial charge >= 0.3 is 0 Å². The Bertz CT molecular complexity index is 1300. The number of methoxy groups -OCH3 is 2. The summed E-state index contributed by atoms with van der Waals surface area (Å²) in [6, 6.07) is 26.4. The van der Waals surface area contributed by atoms with Gasteiger partial charge in [0.1, 0.15) is 18.1 Å². The third-order valence-electron chi connectivity index (χ3n) is 6.25. The average Bonchev–Trinajstić information content (AvgIpc) is 3.50. The van der Waals surface area contributed by atoms with Crippen molar-refractivity contribution in [3.8, 4) is 11.5 Å². The maximum atomic E-state index is 5.83. The quantitative estimate of drug-likeness (QED) is 0.114. The summed E-state index contributed by atoms with van der Waals surface area (Å²) in [5, 5.41) is 2.98. The van der Waals surface area contributed by atoms with E-state index < -0.39 is 0 Å². The van der Waals surface area contributed by atoms with Crippen molar-refractivity contribution in [1.82, 2.24) is 4.98 Å². The Morgan fingerprint density at radius 3 is 2.00 bits per heavy atom. The lowest BCUT2D eigenvalue weighted by Crippen LogP contribution is -2.22. The fourth-order valence-electron chi connectivity index (χ4n) is 4.17. The minimum absolute atomic E-state index is 0.431. The molecule has 9 heteroatoms. The molecule has 4 aromatic rings. The van der Waals surface area contributed by atoms with Gasteiger partial charge in [-0.3, -0.25) is 0 Å². The number of hydrogen-bond donors (Lipinski definition) is 0. The summed E-state index contributed by atoms with van der Waals surface area (Å²) >= 11 is 1.61. The van der Waals surface area contributed by atoms with Crippen LogP contribution in [0.25, 0.3) is 0 Å². The van der Waals surface area contributed by atoms with Gasteiger partial charge in [0.05, 0.1) is 59.1 Å². The number of benzene rings is 3. The summed E-state index contributed by atoms with van der Waals surface area (Å²) in [7, 11) is 3.35. The van der Waals surface area contributed by atoms with Gasteiger partial charge in [0.25, 0.3) is 0 Å². The third-order valence-corrected chi connectivity index (χ3v) is 7.20. The molecule has 3 aromatic carbocycles. The van der Waals surface area contributed by atoms with Crippen molar-refractivity contribution >= 4 is 16.5 Å². The first-order valence-electron chi connectivity index (χ1n) is 14.0. The second-order valence-electron chi connectivity index (χ2n) is 9.52. The van der Waals surface area contributed by atoms with Gasteiger partial charge in [-0.15, -0.1) is 11.3 Å². The van der Waals surface area contributed by atoms with Crippen molar-refractivity contribution in [2.75, 3.05) is 58.8 Å². The lowest BCUT2D eigenvalue weighted by molar-refractivity contribution is 0.00661. The fourth-order valence-corrected chi connectivity index (χ4v) is 4.98. The molecule has 224 valence electrons. The molecule has 0 bridgehead atoms. The molecule has 0 N–H and O–H groups in total. The highest BCUT2D eigenvalue weighted by molar-refractivity contribution is 7.13. The predicted octanol–water partition coefficient (Wildman–Crippen LogP) is 6.13. The number of aromatic nitrogens is 1. The number of ether oxygens (including phenoxy) is 6. The summed E-state index contributed by atoms with van der Waals surface area (Å²) in [5.41, 5.74) is 4.32. The highest BCUT2D eigenvalue weighted by atomic mass is 32.1. The van der Waals surface area contributed by atoms with Gasteiger partial charge in [-0.2, -0.15) is 0 Å². The first kappa shape index (κ1) is 31.5. The summed E-state index contributed by atoms with van der Waals surface area (Å²) in [5.74, 6) is 1.66. The Kier molecular flexibility index (Phi) is 13.6. The largest absolute Gasteiger partial charge is 0.497 e. The van der Waals surface area contributed by atoms with Crippen LogP contribution in [0.15, 0.2) is 84.2 Å². The smallest absolute Gasteiger partial charge is 0.186 e. The van der Waals surface area contributed by atoms with Crippen molar-refractivity contribution < 1.29 is 28.4 Å². The van der Waals surface area contributed by atoms with Gasteiger partial charge in [-0.05, 0) is 41.0 Å². The first-order valence-corrected chi connectivity index (χ1v) is 14.9. The van der Waals surface area contributed by atoms with Gasteiger partial charge in [-0.25, -0.2) is 4.98 Å². The van der Waals surface area contributed by atoms with Gasteiger partial charge in [-0.1, -0.05) is 54.6 Å². The van der Waals surface area contributed by atoms with E-state index in [1.165, 1.54) is 0 Å². The van der Waals surface area contributed by atoms with Gasteiger partial charge < -0.3 is 33.3 Å². The second kappa shape index (κ2) is 18.1. The van der Waals surface area contributed by atoms with Gasteiger partial charge in [0, 0.05) is 25.6 Å². The molecule has 4 rings (SSSR count). The normalized spacial score (nSPS) is 11.0. The van der Waals surface area contributed by atoms with Gasteiger partial charge in [0.15, 0.2) is 5.13 Å². The predicted molar refractivity (Wildman–Crippen MR) is 165 cm³/mol. The second-order valence-corrected chi connectivity index (χ2v) is 10.4. The van der Waals surface area contributed by atoms with E-state index in [4.69, 9.17) is 33.4 Å². The maximum Gasteiger partial charge on any atom is 0.186 e. The Morgan fingerprint density at radius 2 is 1.29 bits per heavy atom. The van der Waals surface area contributed by atoms with E-state index >= 15 is 0 Å². The molecule has 0 saturated heterocycles. The number of hydrogen-bond acceptors (Lipinski definition) is 9. The molecule has 0 unspecified atom stereocenters. The topological polar surface area (TPSA) is 71.5 Å². The molecule has 0 fully saturated rings. The molecule has 0 amide bonds. The summed E-state index contributed by atoms with van der Waals surface area (Å²) in [6.07, 6.45) is 0. The van der Waals surface area contributed by atoms with Crippen LogP contribution in [0.5, 0.6) is 11.5 Å². The molecule has 0 aliphatic rings. The van der Waals surface area contributed by atoms with E-state index in [9.17, 15) is 0 Å².